The van der Waals surface area contributed by atoms with E-state index in [0.717, 1.165) is 5.56 Å². The number of rotatable bonds is 4. The van der Waals surface area contributed by atoms with E-state index in [-0.39, 0.29) is 11.5 Å². The van der Waals surface area contributed by atoms with Crippen molar-refractivity contribution in [2.24, 2.45) is 0 Å². The zero-order valence-corrected chi connectivity index (χ0v) is 9.62. The van der Waals surface area contributed by atoms with Gasteiger partial charge in [-0.3, -0.25) is 4.18 Å². The van der Waals surface area contributed by atoms with Gasteiger partial charge in [-0.25, -0.2) is 0 Å². The van der Waals surface area contributed by atoms with Gasteiger partial charge in [0.1, 0.15) is 0 Å². The van der Waals surface area contributed by atoms with Crippen LogP contribution >= 0.6 is 0 Å². The maximum absolute atomic E-state index is 11.6. The lowest BCUT2D eigenvalue weighted by Gasteiger charge is -2.03. The van der Waals surface area contributed by atoms with Gasteiger partial charge in [-0.05, 0) is 26.0 Å². The molecule has 1 aromatic rings. The molecule has 0 radical (unpaired) electrons. The van der Waals surface area contributed by atoms with E-state index in [9.17, 15) is 8.42 Å². The average molecular weight is 226 g/mol. The summed E-state index contributed by atoms with van der Waals surface area (Å²) in [6.07, 6.45) is 3.39. The van der Waals surface area contributed by atoms with Gasteiger partial charge in [-0.15, -0.1) is 0 Å². The van der Waals surface area contributed by atoms with Gasteiger partial charge < -0.3 is 0 Å². The topological polar surface area (TPSA) is 43.4 Å². The second kappa shape index (κ2) is 5.09. The van der Waals surface area contributed by atoms with Crippen molar-refractivity contribution < 1.29 is 12.6 Å². The highest BCUT2D eigenvalue weighted by atomic mass is 32.2. The summed E-state index contributed by atoms with van der Waals surface area (Å²) in [7, 11) is -3.60. The van der Waals surface area contributed by atoms with Crippen LogP contribution in [0.25, 0.3) is 0 Å². The molecule has 0 fully saturated rings. The number of benzene rings is 1. The Labute approximate surface area is 90.5 Å². The molecule has 0 aliphatic rings. The molecule has 0 atom stereocenters. The second-order valence-corrected chi connectivity index (χ2v) is 4.74. The van der Waals surface area contributed by atoms with Crippen LogP contribution < -0.4 is 0 Å². The molecule has 3 nitrogen and oxygen atoms in total. The summed E-state index contributed by atoms with van der Waals surface area (Å²) in [6, 6.07) is 6.57. The van der Waals surface area contributed by atoms with E-state index < -0.39 is 10.1 Å². The minimum atomic E-state index is -3.60. The highest BCUT2D eigenvalue weighted by Gasteiger charge is 2.13. The minimum absolute atomic E-state index is 0.0761. The fourth-order valence-corrected chi connectivity index (χ4v) is 1.86. The van der Waals surface area contributed by atoms with Crippen LogP contribution in [-0.2, 0) is 14.3 Å². The Morgan fingerprint density at radius 3 is 2.40 bits per heavy atom. The van der Waals surface area contributed by atoms with Crippen LogP contribution in [0.4, 0.5) is 0 Å². The first-order chi connectivity index (χ1) is 7.06. The SMILES string of the molecule is C/C=C/COS(=O)(=O)c1ccc(C)cc1. The van der Waals surface area contributed by atoms with Crippen molar-refractivity contribution in [2.75, 3.05) is 6.61 Å². The van der Waals surface area contributed by atoms with Crippen LogP contribution in [0.2, 0.25) is 0 Å². The van der Waals surface area contributed by atoms with Crippen molar-refractivity contribution >= 4 is 10.1 Å². The predicted molar refractivity (Wildman–Crippen MR) is 59.1 cm³/mol. The molecule has 0 unspecified atom stereocenters. The fourth-order valence-electron chi connectivity index (χ4n) is 0.998. The zero-order chi connectivity index (χ0) is 11.3. The highest BCUT2D eigenvalue weighted by molar-refractivity contribution is 7.86. The van der Waals surface area contributed by atoms with Crippen LogP contribution in [-0.4, -0.2) is 15.0 Å². The summed E-state index contributed by atoms with van der Waals surface area (Å²) in [5.41, 5.74) is 1.02. The van der Waals surface area contributed by atoms with Crippen molar-refractivity contribution in [3.63, 3.8) is 0 Å². The summed E-state index contributed by atoms with van der Waals surface area (Å²) >= 11 is 0. The van der Waals surface area contributed by atoms with E-state index in [2.05, 4.69) is 0 Å². The predicted octanol–water partition coefficient (Wildman–Crippen LogP) is 2.28. The summed E-state index contributed by atoms with van der Waals surface area (Å²) in [5.74, 6) is 0. The molecule has 15 heavy (non-hydrogen) atoms. The Kier molecular flexibility index (Phi) is 4.05. The number of allylic oxidation sites excluding steroid dienone is 1. The quantitative estimate of drug-likeness (QED) is 0.584. The van der Waals surface area contributed by atoms with E-state index in [1.54, 1.807) is 36.4 Å². The van der Waals surface area contributed by atoms with Crippen LogP contribution in [0, 0.1) is 6.92 Å². The van der Waals surface area contributed by atoms with E-state index in [4.69, 9.17) is 4.18 Å². The third-order valence-corrected chi connectivity index (χ3v) is 3.16. The maximum Gasteiger partial charge on any atom is 0.297 e. The van der Waals surface area contributed by atoms with Gasteiger partial charge in [0.2, 0.25) is 0 Å². The fraction of sp³-hybridized carbons (Fsp3) is 0.273. The Bertz CT molecular complexity index is 429. The molecule has 0 saturated heterocycles. The molecule has 0 heterocycles. The normalized spacial score (nSPS) is 12.1. The van der Waals surface area contributed by atoms with E-state index in [0.29, 0.717) is 0 Å². The average Bonchev–Trinajstić information content (AvgIpc) is 2.18. The molecule has 1 aromatic carbocycles. The van der Waals surface area contributed by atoms with E-state index >= 15 is 0 Å². The molecule has 0 spiro atoms. The maximum atomic E-state index is 11.6. The van der Waals surface area contributed by atoms with Gasteiger partial charge in [0, 0.05) is 0 Å². The lowest BCUT2D eigenvalue weighted by Crippen LogP contribution is -2.06. The second-order valence-electron chi connectivity index (χ2n) is 3.12. The molecule has 82 valence electrons. The molecular formula is C11H14O3S. The number of hydrogen-bond donors (Lipinski definition) is 0. The standard InChI is InChI=1S/C11H14O3S/c1-3-4-9-14-15(12,13)11-7-5-10(2)6-8-11/h3-8H,9H2,1-2H3/b4-3+. The Morgan fingerprint density at radius 2 is 1.87 bits per heavy atom. The van der Waals surface area contributed by atoms with Crippen molar-refractivity contribution in [3.8, 4) is 0 Å². The molecule has 0 saturated carbocycles. The summed E-state index contributed by atoms with van der Waals surface area (Å²) in [5, 5.41) is 0. The lowest BCUT2D eigenvalue weighted by atomic mass is 10.2. The summed E-state index contributed by atoms with van der Waals surface area (Å²) in [4.78, 5) is 0.192. The first-order valence-electron chi connectivity index (χ1n) is 4.63. The zero-order valence-electron chi connectivity index (χ0n) is 8.80. The van der Waals surface area contributed by atoms with E-state index in [1.165, 1.54) is 0 Å². The monoisotopic (exact) mass is 226 g/mol. The van der Waals surface area contributed by atoms with Gasteiger partial charge in [-0.1, -0.05) is 29.8 Å². The Hall–Kier alpha value is -1.13. The van der Waals surface area contributed by atoms with E-state index in [1.807, 2.05) is 13.8 Å². The van der Waals surface area contributed by atoms with Crippen molar-refractivity contribution in [3.05, 3.63) is 42.0 Å². The highest BCUT2D eigenvalue weighted by Crippen LogP contribution is 2.12. The molecule has 0 amide bonds. The molecule has 0 bridgehead atoms. The van der Waals surface area contributed by atoms with Crippen molar-refractivity contribution in [1.29, 1.82) is 0 Å². The Balaban J connectivity index is 2.82. The van der Waals surface area contributed by atoms with Crippen molar-refractivity contribution in [1.82, 2.24) is 0 Å². The number of hydrogen-bond acceptors (Lipinski definition) is 3. The van der Waals surface area contributed by atoms with Crippen molar-refractivity contribution in [2.45, 2.75) is 18.7 Å². The lowest BCUT2D eigenvalue weighted by molar-refractivity contribution is 0.357. The van der Waals surface area contributed by atoms with Gasteiger partial charge in [0.15, 0.2) is 0 Å². The van der Waals surface area contributed by atoms with Crippen LogP contribution in [0.3, 0.4) is 0 Å². The third kappa shape index (κ3) is 3.49. The van der Waals surface area contributed by atoms with Crippen LogP contribution in [0.5, 0.6) is 0 Å². The van der Waals surface area contributed by atoms with Gasteiger partial charge >= 0.3 is 0 Å². The molecular weight excluding hydrogens is 212 g/mol. The molecule has 0 N–H and O–H groups in total. The molecule has 0 aromatic heterocycles. The largest absolute Gasteiger partial charge is 0.297 e. The molecule has 1 rings (SSSR count). The minimum Gasteiger partial charge on any atom is -0.262 e. The van der Waals surface area contributed by atoms with Gasteiger partial charge in [0.25, 0.3) is 10.1 Å². The number of aryl methyl sites for hydroxylation is 1. The smallest absolute Gasteiger partial charge is 0.262 e. The summed E-state index contributed by atoms with van der Waals surface area (Å²) < 4.78 is 27.9. The van der Waals surface area contributed by atoms with Gasteiger partial charge in [0.05, 0.1) is 11.5 Å². The van der Waals surface area contributed by atoms with Crippen LogP contribution in [0.15, 0.2) is 41.3 Å². The molecule has 0 aliphatic carbocycles. The third-order valence-electron chi connectivity index (χ3n) is 1.86. The molecule has 0 aliphatic heterocycles. The first kappa shape index (κ1) is 11.9. The van der Waals surface area contributed by atoms with Gasteiger partial charge in [-0.2, -0.15) is 8.42 Å². The first-order valence-corrected chi connectivity index (χ1v) is 6.04. The molecule has 4 heteroatoms. The van der Waals surface area contributed by atoms with Crippen LogP contribution in [0.1, 0.15) is 12.5 Å². The summed E-state index contributed by atoms with van der Waals surface area (Å²) in [6.45, 7) is 3.78. The Morgan fingerprint density at radius 1 is 1.27 bits per heavy atom.